The molecule has 4 nitrogen and oxygen atoms in total. The zero-order valence-electron chi connectivity index (χ0n) is 24.5. The maximum atomic E-state index is 6.54. The van der Waals surface area contributed by atoms with E-state index in [9.17, 15) is 0 Å². The predicted octanol–water partition coefficient (Wildman–Crippen LogP) is 12.4. The molecule has 7 aromatic carbocycles. The maximum Gasteiger partial charge on any atom is 0.228 e. The van der Waals surface area contributed by atoms with Gasteiger partial charge in [0, 0.05) is 49.2 Å². The van der Waals surface area contributed by atoms with Gasteiger partial charge in [-0.15, -0.1) is 11.3 Å². The normalized spacial score (nSPS) is 11.9. The molecule has 0 amide bonds. The molecule has 0 saturated carbocycles. The topological polar surface area (TPSA) is 42.4 Å². The number of benzene rings is 7. The third-order valence-corrected chi connectivity index (χ3v) is 10.2. The molecular weight excluding hydrogens is 585 g/mol. The lowest BCUT2D eigenvalue weighted by molar-refractivity contribution is 0.620. The largest absolute Gasteiger partial charge is 0.456 e. The Morgan fingerprint density at radius 1 is 0.500 bits per heavy atom. The lowest BCUT2D eigenvalue weighted by atomic mass is 10.0. The van der Waals surface area contributed by atoms with Gasteiger partial charge in [-0.25, -0.2) is 4.98 Å². The number of hydrogen-bond acceptors (Lipinski definition) is 5. The number of aromatic nitrogens is 1. The van der Waals surface area contributed by atoms with E-state index in [1.807, 2.05) is 47.7 Å². The van der Waals surface area contributed by atoms with Gasteiger partial charge in [0.1, 0.15) is 16.7 Å². The first kappa shape index (κ1) is 25.4. The molecule has 3 heterocycles. The predicted molar refractivity (Wildman–Crippen MR) is 192 cm³/mol. The van der Waals surface area contributed by atoms with E-state index >= 15 is 0 Å². The second kappa shape index (κ2) is 9.80. The van der Waals surface area contributed by atoms with Crippen molar-refractivity contribution >= 4 is 92.4 Å². The van der Waals surface area contributed by atoms with Crippen molar-refractivity contribution in [3.05, 3.63) is 146 Å². The highest BCUT2D eigenvalue weighted by atomic mass is 32.1. The zero-order valence-corrected chi connectivity index (χ0v) is 25.3. The Kier molecular flexibility index (Phi) is 5.41. The molecule has 46 heavy (non-hydrogen) atoms. The number of hydrogen-bond donors (Lipinski definition) is 0. The SMILES string of the molecule is c1ccc(N(c2ccc3c(c2)oc2cccc(-c4nc5ccccc5o4)c23)c2cccc3c2sc2c4ccccc4ccc32)cc1. The van der Waals surface area contributed by atoms with Crippen LogP contribution in [0.5, 0.6) is 0 Å². The molecule has 0 N–H and O–H groups in total. The summed E-state index contributed by atoms with van der Waals surface area (Å²) in [4.78, 5) is 7.14. The van der Waals surface area contributed by atoms with Gasteiger partial charge in [-0.3, -0.25) is 0 Å². The molecule has 0 bridgehead atoms. The molecule has 0 atom stereocenters. The average molecular weight is 609 g/mol. The summed E-state index contributed by atoms with van der Waals surface area (Å²) in [5.74, 6) is 0.591. The van der Waals surface area contributed by atoms with Crippen molar-refractivity contribution in [2.75, 3.05) is 4.90 Å². The van der Waals surface area contributed by atoms with Crippen LogP contribution >= 0.6 is 11.3 Å². The second-order valence-corrected chi connectivity index (χ2v) is 12.6. The van der Waals surface area contributed by atoms with Gasteiger partial charge >= 0.3 is 0 Å². The van der Waals surface area contributed by atoms with Crippen LogP contribution in [0.1, 0.15) is 0 Å². The van der Waals surface area contributed by atoms with E-state index in [0.717, 1.165) is 55.7 Å². The van der Waals surface area contributed by atoms with Crippen molar-refractivity contribution in [3.8, 4) is 11.5 Å². The van der Waals surface area contributed by atoms with E-state index in [1.165, 1.54) is 30.9 Å². The van der Waals surface area contributed by atoms with Gasteiger partial charge in [0.15, 0.2) is 5.58 Å². The lowest BCUT2D eigenvalue weighted by Gasteiger charge is -2.26. The average Bonchev–Trinajstić information content (AvgIpc) is 3.82. The van der Waals surface area contributed by atoms with E-state index in [4.69, 9.17) is 13.8 Å². The summed E-state index contributed by atoms with van der Waals surface area (Å²) in [6.45, 7) is 0. The van der Waals surface area contributed by atoms with Crippen LogP contribution < -0.4 is 4.90 Å². The van der Waals surface area contributed by atoms with Crippen molar-refractivity contribution in [2.24, 2.45) is 0 Å². The summed E-state index contributed by atoms with van der Waals surface area (Å²) < 4.78 is 15.3. The third kappa shape index (κ3) is 3.76. The molecular formula is C41H24N2O2S. The summed E-state index contributed by atoms with van der Waals surface area (Å²) in [5, 5.41) is 7.12. The molecule has 0 radical (unpaired) electrons. The van der Waals surface area contributed by atoms with E-state index in [-0.39, 0.29) is 0 Å². The zero-order chi connectivity index (χ0) is 30.2. The lowest BCUT2D eigenvalue weighted by Crippen LogP contribution is -2.09. The van der Waals surface area contributed by atoms with Gasteiger partial charge in [0.2, 0.25) is 5.89 Å². The fraction of sp³-hybridized carbons (Fsp3) is 0. The highest BCUT2D eigenvalue weighted by Crippen LogP contribution is 2.47. The molecule has 10 rings (SSSR count). The van der Waals surface area contributed by atoms with Gasteiger partial charge < -0.3 is 13.7 Å². The highest BCUT2D eigenvalue weighted by Gasteiger charge is 2.21. The van der Waals surface area contributed by atoms with E-state index in [0.29, 0.717) is 5.89 Å². The molecule has 5 heteroatoms. The van der Waals surface area contributed by atoms with E-state index in [2.05, 4.69) is 114 Å². The minimum Gasteiger partial charge on any atom is -0.456 e. The third-order valence-electron chi connectivity index (χ3n) is 8.89. The van der Waals surface area contributed by atoms with Gasteiger partial charge in [-0.2, -0.15) is 0 Å². The number of rotatable bonds is 4. The Hall–Kier alpha value is -5.91. The molecule has 0 saturated heterocycles. The summed E-state index contributed by atoms with van der Waals surface area (Å²) >= 11 is 1.86. The molecule has 0 aliphatic carbocycles. The maximum absolute atomic E-state index is 6.54. The Labute approximate surface area is 267 Å². The Morgan fingerprint density at radius 3 is 2.20 bits per heavy atom. The number of para-hydroxylation sites is 3. The minimum absolute atomic E-state index is 0.591. The van der Waals surface area contributed by atoms with E-state index < -0.39 is 0 Å². The first-order valence-electron chi connectivity index (χ1n) is 15.3. The summed E-state index contributed by atoms with van der Waals surface area (Å²) in [7, 11) is 0. The van der Waals surface area contributed by atoms with Crippen molar-refractivity contribution < 1.29 is 8.83 Å². The number of anilines is 3. The monoisotopic (exact) mass is 608 g/mol. The smallest absolute Gasteiger partial charge is 0.228 e. The Balaban J connectivity index is 1.19. The molecule has 0 unspecified atom stereocenters. The molecule has 216 valence electrons. The number of furan rings is 1. The fourth-order valence-corrected chi connectivity index (χ4v) is 8.15. The van der Waals surface area contributed by atoms with Gasteiger partial charge in [-0.05, 0) is 65.4 Å². The van der Waals surface area contributed by atoms with Crippen LogP contribution in [0.4, 0.5) is 17.1 Å². The van der Waals surface area contributed by atoms with Crippen LogP contribution in [-0.2, 0) is 0 Å². The van der Waals surface area contributed by atoms with Crippen LogP contribution in [0.3, 0.4) is 0 Å². The fourth-order valence-electron chi connectivity index (χ4n) is 6.81. The molecule has 0 aliphatic rings. The highest BCUT2D eigenvalue weighted by molar-refractivity contribution is 7.27. The van der Waals surface area contributed by atoms with Crippen LogP contribution in [0.2, 0.25) is 0 Å². The van der Waals surface area contributed by atoms with Gasteiger partial charge in [0.25, 0.3) is 0 Å². The minimum atomic E-state index is 0.591. The van der Waals surface area contributed by atoms with Crippen molar-refractivity contribution in [1.82, 2.24) is 4.98 Å². The number of fused-ring (bicyclic) bond motifs is 9. The Bertz CT molecular complexity index is 2740. The first-order chi connectivity index (χ1) is 22.8. The van der Waals surface area contributed by atoms with Crippen LogP contribution in [0.15, 0.2) is 154 Å². The Morgan fingerprint density at radius 2 is 1.26 bits per heavy atom. The molecule has 0 aliphatic heterocycles. The first-order valence-corrected chi connectivity index (χ1v) is 16.1. The summed E-state index contributed by atoms with van der Waals surface area (Å²) in [6, 6.07) is 50.8. The molecule has 0 spiro atoms. The second-order valence-electron chi connectivity index (χ2n) is 11.5. The number of oxazole rings is 1. The van der Waals surface area contributed by atoms with Crippen LogP contribution in [0, 0.1) is 0 Å². The van der Waals surface area contributed by atoms with Crippen LogP contribution in [-0.4, -0.2) is 4.98 Å². The number of nitrogens with zero attached hydrogens (tertiary/aromatic N) is 2. The van der Waals surface area contributed by atoms with Crippen molar-refractivity contribution in [1.29, 1.82) is 0 Å². The molecule has 10 aromatic rings. The molecule has 0 fully saturated rings. The standard InChI is InChI=1S/C41H24N2O2S/c1-2-11-26(12-3-1)43(34-17-8-14-29-30-22-20-25-10-4-5-13-28(25)39(30)46-40(29)34)27-21-23-31-37(24-27)44-36-19-9-15-32(38(31)36)41-42-33-16-6-7-18-35(33)45-41/h1-24H. The van der Waals surface area contributed by atoms with Crippen molar-refractivity contribution in [2.45, 2.75) is 0 Å². The summed E-state index contributed by atoms with van der Waals surface area (Å²) in [5.41, 5.74) is 7.39. The quantitative estimate of drug-likeness (QED) is 0.199. The van der Waals surface area contributed by atoms with Gasteiger partial charge in [-0.1, -0.05) is 84.9 Å². The molecule has 3 aromatic heterocycles. The van der Waals surface area contributed by atoms with Gasteiger partial charge in [0.05, 0.1) is 10.4 Å². The van der Waals surface area contributed by atoms with E-state index in [1.54, 1.807) is 0 Å². The number of thiophene rings is 1. The summed E-state index contributed by atoms with van der Waals surface area (Å²) in [6.07, 6.45) is 0. The van der Waals surface area contributed by atoms with Crippen molar-refractivity contribution in [3.63, 3.8) is 0 Å². The van der Waals surface area contributed by atoms with Crippen LogP contribution in [0.25, 0.3) is 75.4 Å².